The second kappa shape index (κ2) is 4.40. The molecule has 1 saturated carbocycles. The Hall–Kier alpha value is -0.760. The molecule has 0 aliphatic heterocycles. The van der Waals surface area contributed by atoms with Crippen LogP contribution in [0.3, 0.4) is 0 Å². The van der Waals surface area contributed by atoms with Crippen LogP contribution in [0.2, 0.25) is 0 Å². The molecule has 1 fully saturated rings. The van der Waals surface area contributed by atoms with E-state index in [1.807, 2.05) is 18.0 Å². The Kier molecular flexibility index (Phi) is 3.15. The van der Waals surface area contributed by atoms with Gasteiger partial charge in [0.15, 0.2) is 0 Å². The Balaban J connectivity index is 2.31. The predicted octanol–water partition coefficient (Wildman–Crippen LogP) is 3.55. The van der Waals surface area contributed by atoms with E-state index in [-0.39, 0.29) is 5.82 Å². The number of nitrogens with zero attached hydrogens (tertiary/aromatic N) is 1. The van der Waals surface area contributed by atoms with Gasteiger partial charge in [0.25, 0.3) is 0 Å². The topological polar surface area (TPSA) is 3.24 Å². The summed E-state index contributed by atoms with van der Waals surface area (Å²) >= 11 is 5.82. The van der Waals surface area contributed by atoms with Gasteiger partial charge in [0, 0.05) is 19.0 Å². The molecule has 15 heavy (non-hydrogen) atoms. The Bertz CT molecular complexity index is 349. The van der Waals surface area contributed by atoms with Crippen molar-refractivity contribution in [1.82, 2.24) is 0 Å². The van der Waals surface area contributed by atoms with Crippen molar-refractivity contribution >= 4 is 17.3 Å². The lowest BCUT2D eigenvalue weighted by Gasteiger charge is -2.37. The van der Waals surface area contributed by atoms with Crippen LogP contribution in [0.15, 0.2) is 18.2 Å². The summed E-state index contributed by atoms with van der Waals surface area (Å²) in [6.45, 7) is 0. The van der Waals surface area contributed by atoms with E-state index in [0.717, 1.165) is 18.4 Å². The van der Waals surface area contributed by atoms with Gasteiger partial charge < -0.3 is 4.90 Å². The van der Waals surface area contributed by atoms with E-state index in [1.54, 1.807) is 6.07 Å². The van der Waals surface area contributed by atoms with Crippen molar-refractivity contribution in [3.63, 3.8) is 0 Å². The second-order valence-corrected chi connectivity index (χ2v) is 4.34. The third-order valence-corrected chi connectivity index (χ3v) is 3.48. The SMILES string of the molecule is CN(c1c(F)cccc1CCl)C1CCC1. The Morgan fingerprint density at radius 3 is 2.73 bits per heavy atom. The average Bonchev–Trinajstić information content (AvgIpc) is 2.14. The number of halogens is 2. The monoisotopic (exact) mass is 227 g/mol. The molecule has 0 spiro atoms. The van der Waals surface area contributed by atoms with Gasteiger partial charge in [-0.15, -0.1) is 11.6 Å². The lowest BCUT2D eigenvalue weighted by Crippen LogP contribution is -2.38. The number of hydrogen-bond acceptors (Lipinski definition) is 1. The summed E-state index contributed by atoms with van der Waals surface area (Å²) in [7, 11) is 1.96. The van der Waals surface area contributed by atoms with Gasteiger partial charge in [-0.2, -0.15) is 0 Å². The van der Waals surface area contributed by atoms with E-state index < -0.39 is 0 Å². The first-order valence-corrected chi connectivity index (χ1v) is 5.83. The van der Waals surface area contributed by atoms with Crippen molar-refractivity contribution in [3.8, 4) is 0 Å². The van der Waals surface area contributed by atoms with Crippen molar-refractivity contribution in [1.29, 1.82) is 0 Å². The van der Waals surface area contributed by atoms with Crippen LogP contribution in [0.1, 0.15) is 24.8 Å². The highest BCUT2D eigenvalue weighted by Gasteiger charge is 2.25. The lowest BCUT2D eigenvalue weighted by atomic mass is 9.91. The minimum Gasteiger partial charge on any atom is -0.369 e. The molecule has 2 rings (SSSR count). The summed E-state index contributed by atoms with van der Waals surface area (Å²) < 4.78 is 13.7. The van der Waals surface area contributed by atoms with Crippen LogP contribution in [0.5, 0.6) is 0 Å². The number of anilines is 1. The quantitative estimate of drug-likeness (QED) is 0.714. The first-order chi connectivity index (χ1) is 7.24. The molecule has 0 heterocycles. The van der Waals surface area contributed by atoms with E-state index >= 15 is 0 Å². The third kappa shape index (κ3) is 1.96. The first-order valence-electron chi connectivity index (χ1n) is 5.30. The second-order valence-electron chi connectivity index (χ2n) is 4.08. The molecule has 1 aliphatic carbocycles. The highest BCUT2D eigenvalue weighted by atomic mass is 35.5. The molecule has 0 saturated heterocycles. The number of rotatable bonds is 3. The van der Waals surface area contributed by atoms with Crippen LogP contribution in [0.25, 0.3) is 0 Å². The van der Waals surface area contributed by atoms with Crippen molar-refractivity contribution in [3.05, 3.63) is 29.6 Å². The van der Waals surface area contributed by atoms with Gasteiger partial charge >= 0.3 is 0 Å². The van der Waals surface area contributed by atoms with Crippen molar-refractivity contribution < 1.29 is 4.39 Å². The minimum atomic E-state index is -0.164. The van der Waals surface area contributed by atoms with E-state index in [0.29, 0.717) is 17.6 Å². The molecule has 0 radical (unpaired) electrons. The number of para-hydroxylation sites is 1. The highest BCUT2D eigenvalue weighted by Crippen LogP contribution is 2.32. The average molecular weight is 228 g/mol. The maximum absolute atomic E-state index is 13.7. The standard InChI is InChI=1S/C12H15ClFN/c1-15(10-5-3-6-10)12-9(8-13)4-2-7-11(12)14/h2,4,7,10H,3,5-6,8H2,1H3. The van der Waals surface area contributed by atoms with Gasteiger partial charge in [0.1, 0.15) is 5.82 Å². The molecule has 82 valence electrons. The summed E-state index contributed by atoms with van der Waals surface area (Å²) in [5.41, 5.74) is 1.56. The lowest BCUT2D eigenvalue weighted by molar-refractivity contribution is 0.397. The van der Waals surface area contributed by atoms with Crippen LogP contribution >= 0.6 is 11.6 Å². The maximum Gasteiger partial charge on any atom is 0.146 e. The van der Waals surface area contributed by atoms with Crippen LogP contribution in [-0.2, 0) is 5.88 Å². The van der Waals surface area contributed by atoms with Gasteiger partial charge in [-0.3, -0.25) is 0 Å². The molecule has 0 atom stereocenters. The zero-order valence-corrected chi connectivity index (χ0v) is 9.60. The van der Waals surface area contributed by atoms with Crippen LogP contribution in [-0.4, -0.2) is 13.1 Å². The largest absolute Gasteiger partial charge is 0.369 e. The van der Waals surface area contributed by atoms with Crippen molar-refractivity contribution in [2.75, 3.05) is 11.9 Å². The fraction of sp³-hybridized carbons (Fsp3) is 0.500. The molecular formula is C12H15ClFN. The number of benzene rings is 1. The molecule has 0 aromatic heterocycles. The van der Waals surface area contributed by atoms with Gasteiger partial charge in [0.05, 0.1) is 5.69 Å². The van der Waals surface area contributed by atoms with E-state index in [9.17, 15) is 4.39 Å². The first kappa shape index (κ1) is 10.7. The van der Waals surface area contributed by atoms with Gasteiger partial charge in [0.2, 0.25) is 0 Å². The van der Waals surface area contributed by atoms with Gasteiger partial charge in [-0.1, -0.05) is 12.1 Å². The van der Waals surface area contributed by atoms with Crippen LogP contribution in [0, 0.1) is 5.82 Å². The number of alkyl halides is 1. The molecule has 1 aliphatic rings. The molecule has 1 nitrogen and oxygen atoms in total. The molecule has 1 aromatic carbocycles. The van der Waals surface area contributed by atoms with Gasteiger partial charge in [-0.05, 0) is 30.9 Å². The summed E-state index contributed by atoms with van der Waals surface area (Å²) in [6.07, 6.45) is 3.57. The third-order valence-electron chi connectivity index (χ3n) is 3.19. The molecule has 0 bridgehead atoms. The summed E-state index contributed by atoms with van der Waals surface area (Å²) in [6, 6.07) is 5.59. The highest BCUT2D eigenvalue weighted by molar-refractivity contribution is 6.17. The minimum absolute atomic E-state index is 0.164. The molecule has 3 heteroatoms. The zero-order chi connectivity index (χ0) is 10.8. The normalized spacial score (nSPS) is 16.2. The molecule has 1 aromatic rings. The van der Waals surface area contributed by atoms with E-state index in [2.05, 4.69) is 0 Å². The summed E-state index contributed by atoms with van der Waals surface area (Å²) in [5, 5.41) is 0. The molecular weight excluding hydrogens is 213 g/mol. The fourth-order valence-corrected chi connectivity index (χ4v) is 2.24. The van der Waals surface area contributed by atoms with Crippen LogP contribution < -0.4 is 4.90 Å². The maximum atomic E-state index is 13.7. The molecule has 0 N–H and O–H groups in total. The number of hydrogen-bond donors (Lipinski definition) is 0. The van der Waals surface area contributed by atoms with Crippen molar-refractivity contribution in [2.45, 2.75) is 31.2 Å². The Morgan fingerprint density at radius 2 is 2.20 bits per heavy atom. The molecule has 0 amide bonds. The molecule has 0 unspecified atom stereocenters. The smallest absolute Gasteiger partial charge is 0.146 e. The predicted molar refractivity (Wildman–Crippen MR) is 62.0 cm³/mol. The Morgan fingerprint density at radius 1 is 1.47 bits per heavy atom. The van der Waals surface area contributed by atoms with Crippen molar-refractivity contribution in [2.24, 2.45) is 0 Å². The summed E-state index contributed by atoms with van der Waals surface area (Å²) in [5.74, 6) is 0.201. The summed E-state index contributed by atoms with van der Waals surface area (Å²) in [4.78, 5) is 2.04. The zero-order valence-electron chi connectivity index (χ0n) is 8.84. The van der Waals surface area contributed by atoms with E-state index in [4.69, 9.17) is 11.6 Å². The van der Waals surface area contributed by atoms with Gasteiger partial charge in [-0.25, -0.2) is 4.39 Å². The van der Waals surface area contributed by atoms with Crippen LogP contribution in [0.4, 0.5) is 10.1 Å². The Labute approximate surface area is 94.8 Å². The fourth-order valence-electron chi connectivity index (χ4n) is 2.02. The van der Waals surface area contributed by atoms with E-state index in [1.165, 1.54) is 12.5 Å².